The average Bonchev–Trinajstić information content (AvgIpc) is 2.39. The van der Waals surface area contributed by atoms with Crippen LogP contribution >= 0.6 is 15.9 Å². The highest BCUT2D eigenvalue weighted by molar-refractivity contribution is 9.09. The lowest BCUT2D eigenvalue weighted by Gasteiger charge is -2.38. The van der Waals surface area contributed by atoms with Gasteiger partial charge in [-0.05, 0) is 36.0 Å². The van der Waals surface area contributed by atoms with E-state index >= 15 is 0 Å². The van der Waals surface area contributed by atoms with Gasteiger partial charge in [-0.2, -0.15) is 0 Å². The summed E-state index contributed by atoms with van der Waals surface area (Å²) in [5, 5.41) is 11.0. The molecule has 0 aromatic rings. The van der Waals surface area contributed by atoms with E-state index in [0.717, 1.165) is 17.7 Å². The third-order valence-electron chi connectivity index (χ3n) is 4.74. The Labute approximate surface area is 82.7 Å². The highest BCUT2D eigenvalue weighted by Gasteiger charge is 2.62. The average molecular weight is 233 g/mol. The zero-order chi connectivity index (χ0) is 8.98. The molecule has 2 bridgehead atoms. The summed E-state index contributed by atoms with van der Waals surface area (Å²) in [5.74, 6) is 0.747. The largest absolute Gasteiger partial charge is 0.393 e. The predicted molar refractivity (Wildman–Crippen MR) is 53.4 cm³/mol. The van der Waals surface area contributed by atoms with Crippen molar-refractivity contribution in [3.05, 3.63) is 0 Å². The van der Waals surface area contributed by atoms with Crippen molar-refractivity contribution >= 4 is 15.9 Å². The Morgan fingerprint density at radius 2 is 2.17 bits per heavy atom. The maximum atomic E-state index is 9.92. The van der Waals surface area contributed by atoms with Crippen LogP contribution in [0.1, 0.15) is 33.1 Å². The summed E-state index contributed by atoms with van der Waals surface area (Å²) in [6.45, 7) is 4.58. The van der Waals surface area contributed by atoms with Crippen molar-refractivity contribution < 1.29 is 5.11 Å². The van der Waals surface area contributed by atoms with E-state index in [1.165, 1.54) is 12.8 Å². The summed E-state index contributed by atoms with van der Waals surface area (Å²) in [7, 11) is 0. The van der Waals surface area contributed by atoms with Crippen molar-refractivity contribution in [3.8, 4) is 0 Å². The zero-order valence-electron chi connectivity index (χ0n) is 7.81. The smallest absolute Gasteiger partial charge is 0.0602 e. The lowest BCUT2D eigenvalue weighted by atomic mass is 9.70. The third kappa shape index (κ3) is 0.784. The molecule has 0 aliphatic heterocycles. The summed E-state index contributed by atoms with van der Waals surface area (Å²) in [5.41, 5.74) is 0.521. The number of halogens is 1. The van der Waals surface area contributed by atoms with Gasteiger partial charge in [-0.3, -0.25) is 0 Å². The molecule has 0 radical (unpaired) electrons. The molecule has 70 valence electrons. The van der Waals surface area contributed by atoms with E-state index in [2.05, 4.69) is 29.8 Å². The van der Waals surface area contributed by atoms with E-state index in [9.17, 15) is 5.11 Å². The van der Waals surface area contributed by atoms with Crippen LogP contribution in [0.5, 0.6) is 0 Å². The second-order valence-corrected chi connectivity index (χ2v) is 5.52. The van der Waals surface area contributed by atoms with Gasteiger partial charge in [-0.25, -0.2) is 0 Å². The lowest BCUT2D eigenvalue weighted by molar-refractivity contribution is 0.0148. The summed E-state index contributed by atoms with van der Waals surface area (Å²) in [4.78, 5) is 0. The normalized spacial score (nSPS) is 58.0. The molecule has 0 aromatic heterocycles. The summed E-state index contributed by atoms with van der Waals surface area (Å²) < 4.78 is 0. The van der Waals surface area contributed by atoms with Crippen molar-refractivity contribution in [1.29, 1.82) is 0 Å². The molecule has 2 heteroatoms. The number of rotatable bonds is 1. The standard InChI is InChI=1S/C10H17BrO/c1-9-4-3-7(5-8(9)12)10(9,2)6-11/h7-8,12H,3-6H2,1-2H3/t7-,8-,9-,10+/m0/s1. The molecule has 12 heavy (non-hydrogen) atoms. The molecule has 0 aromatic carbocycles. The van der Waals surface area contributed by atoms with Gasteiger partial charge in [0.1, 0.15) is 0 Å². The highest BCUT2D eigenvalue weighted by Crippen LogP contribution is 2.66. The van der Waals surface area contributed by atoms with E-state index in [1.807, 2.05) is 0 Å². The third-order valence-corrected chi connectivity index (χ3v) is 5.90. The van der Waals surface area contributed by atoms with Gasteiger partial charge >= 0.3 is 0 Å². The molecule has 0 amide bonds. The Balaban J connectivity index is 2.38. The molecular formula is C10H17BrO. The summed E-state index contributed by atoms with van der Waals surface area (Å²) in [6.07, 6.45) is 3.49. The van der Waals surface area contributed by atoms with Crippen LogP contribution < -0.4 is 0 Å². The summed E-state index contributed by atoms with van der Waals surface area (Å²) in [6, 6.07) is 0. The van der Waals surface area contributed by atoms with E-state index < -0.39 is 0 Å². The molecular weight excluding hydrogens is 216 g/mol. The van der Waals surface area contributed by atoms with Gasteiger partial charge in [0, 0.05) is 5.33 Å². The molecule has 2 saturated carbocycles. The minimum Gasteiger partial charge on any atom is -0.393 e. The van der Waals surface area contributed by atoms with E-state index in [-0.39, 0.29) is 11.5 Å². The van der Waals surface area contributed by atoms with Crippen LogP contribution in [-0.2, 0) is 0 Å². The topological polar surface area (TPSA) is 20.2 Å². The van der Waals surface area contributed by atoms with Crippen molar-refractivity contribution in [2.24, 2.45) is 16.7 Å². The molecule has 0 heterocycles. The van der Waals surface area contributed by atoms with Crippen LogP contribution in [0.4, 0.5) is 0 Å². The monoisotopic (exact) mass is 232 g/mol. The quantitative estimate of drug-likeness (QED) is 0.690. The van der Waals surface area contributed by atoms with Gasteiger partial charge in [0.25, 0.3) is 0 Å². The second kappa shape index (κ2) is 2.48. The molecule has 0 spiro atoms. The Morgan fingerprint density at radius 3 is 2.42 bits per heavy atom. The first kappa shape index (κ1) is 9.01. The number of hydrogen-bond acceptors (Lipinski definition) is 1. The zero-order valence-corrected chi connectivity index (χ0v) is 9.39. The Morgan fingerprint density at radius 1 is 1.50 bits per heavy atom. The second-order valence-electron chi connectivity index (χ2n) is 4.96. The maximum Gasteiger partial charge on any atom is 0.0602 e. The lowest BCUT2D eigenvalue weighted by Crippen LogP contribution is -2.38. The van der Waals surface area contributed by atoms with Crippen LogP contribution in [0.3, 0.4) is 0 Å². The van der Waals surface area contributed by atoms with Gasteiger partial charge in [0.15, 0.2) is 0 Å². The van der Waals surface area contributed by atoms with Crippen LogP contribution in [-0.4, -0.2) is 16.5 Å². The molecule has 4 atom stereocenters. The molecule has 1 nitrogen and oxygen atoms in total. The number of hydrogen-bond donors (Lipinski definition) is 1. The first-order valence-corrected chi connectivity index (χ1v) is 5.91. The molecule has 2 aliphatic rings. The number of fused-ring (bicyclic) bond motifs is 2. The molecule has 0 saturated heterocycles. The number of aliphatic hydroxyl groups excluding tert-OH is 1. The van der Waals surface area contributed by atoms with Gasteiger partial charge in [0.2, 0.25) is 0 Å². The molecule has 2 aliphatic carbocycles. The van der Waals surface area contributed by atoms with E-state index in [0.29, 0.717) is 5.41 Å². The van der Waals surface area contributed by atoms with Crippen molar-refractivity contribution in [2.45, 2.75) is 39.2 Å². The predicted octanol–water partition coefficient (Wildman–Crippen LogP) is 2.57. The van der Waals surface area contributed by atoms with Gasteiger partial charge in [-0.15, -0.1) is 0 Å². The maximum absolute atomic E-state index is 9.92. The fraction of sp³-hybridized carbons (Fsp3) is 1.00. The molecule has 2 rings (SSSR count). The Bertz CT molecular complexity index is 204. The van der Waals surface area contributed by atoms with Crippen LogP contribution in [0, 0.1) is 16.7 Å². The minimum absolute atomic E-state index is 0.0567. The highest BCUT2D eigenvalue weighted by atomic mass is 79.9. The van der Waals surface area contributed by atoms with Crippen molar-refractivity contribution in [3.63, 3.8) is 0 Å². The van der Waals surface area contributed by atoms with Gasteiger partial charge in [0.05, 0.1) is 6.10 Å². The van der Waals surface area contributed by atoms with Crippen LogP contribution in [0.15, 0.2) is 0 Å². The van der Waals surface area contributed by atoms with Crippen LogP contribution in [0.25, 0.3) is 0 Å². The molecule has 1 N–H and O–H groups in total. The van der Waals surface area contributed by atoms with E-state index in [4.69, 9.17) is 0 Å². The van der Waals surface area contributed by atoms with Crippen molar-refractivity contribution in [2.75, 3.05) is 5.33 Å². The number of aliphatic hydroxyl groups is 1. The van der Waals surface area contributed by atoms with Crippen LogP contribution in [0.2, 0.25) is 0 Å². The summed E-state index contributed by atoms with van der Waals surface area (Å²) >= 11 is 3.60. The first-order valence-electron chi connectivity index (χ1n) is 4.78. The SMILES string of the molecule is C[C@]12CC[C@@H](C[C@@H]1O)[C@@]2(C)CBr. The minimum atomic E-state index is -0.0567. The van der Waals surface area contributed by atoms with Gasteiger partial charge in [-0.1, -0.05) is 29.8 Å². The van der Waals surface area contributed by atoms with Gasteiger partial charge < -0.3 is 5.11 Å². The fourth-order valence-electron chi connectivity index (χ4n) is 3.26. The Kier molecular flexibility index (Phi) is 1.86. The fourth-order valence-corrected chi connectivity index (χ4v) is 4.36. The number of alkyl halides is 1. The molecule has 2 fully saturated rings. The Hall–Kier alpha value is 0.440. The van der Waals surface area contributed by atoms with E-state index in [1.54, 1.807) is 0 Å². The molecule has 0 unspecified atom stereocenters. The first-order chi connectivity index (χ1) is 5.54. The van der Waals surface area contributed by atoms with Crippen molar-refractivity contribution in [1.82, 2.24) is 0 Å².